The normalized spacial score (nSPS) is 14.6. The van der Waals surface area contributed by atoms with Gasteiger partial charge in [0, 0.05) is 43.8 Å². The van der Waals surface area contributed by atoms with Crippen LogP contribution in [-0.4, -0.2) is 52.4 Å². The molecule has 0 bridgehead atoms. The van der Waals surface area contributed by atoms with Crippen molar-refractivity contribution in [3.63, 3.8) is 0 Å². The second kappa shape index (κ2) is 8.71. The van der Waals surface area contributed by atoms with Crippen molar-refractivity contribution < 1.29 is 9.59 Å². The highest BCUT2D eigenvalue weighted by Crippen LogP contribution is 2.18. The molecule has 1 aromatic heterocycles. The molecule has 30 heavy (non-hydrogen) atoms. The van der Waals surface area contributed by atoms with E-state index in [-0.39, 0.29) is 23.8 Å². The van der Waals surface area contributed by atoms with E-state index in [0.717, 1.165) is 5.52 Å². The van der Waals surface area contributed by atoms with E-state index in [1.165, 1.54) is 6.07 Å². The lowest BCUT2D eigenvalue weighted by atomic mass is 10.2. The number of hydrogen-bond donors (Lipinski definition) is 0. The van der Waals surface area contributed by atoms with Gasteiger partial charge in [0.15, 0.2) is 5.43 Å². The zero-order valence-corrected chi connectivity index (χ0v) is 17.2. The van der Waals surface area contributed by atoms with Gasteiger partial charge in [-0.2, -0.15) is 0 Å². The molecule has 2 heterocycles. The van der Waals surface area contributed by atoms with E-state index >= 15 is 0 Å². The zero-order valence-electron chi connectivity index (χ0n) is 16.5. The molecule has 0 atom stereocenters. The van der Waals surface area contributed by atoms with E-state index < -0.39 is 0 Å². The summed E-state index contributed by atoms with van der Waals surface area (Å²) in [5, 5.41) is 1.03. The lowest BCUT2D eigenvalue weighted by molar-refractivity contribution is -0.131. The maximum atomic E-state index is 13.0. The fourth-order valence-electron chi connectivity index (χ4n) is 3.82. The number of halogens is 1. The van der Waals surface area contributed by atoms with Crippen LogP contribution in [0.2, 0.25) is 5.02 Å². The Kier molecular flexibility index (Phi) is 5.86. The second-order valence-electron chi connectivity index (χ2n) is 7.33. The number of fused-ring (bicyclic) bond motifs is 1. The predicted molar refractivity (Wildman–Crippen MR) is 117 cm³/mol. The molecule has 3 aromatic rings. The first-order chi connectivity index (χ1) is 14.5. The molecule has 1 saturated heterocycles. The smallest absolute Gasteiger partial charge is 0.255 e. The standard InChI is InChI=1S/C23H22ClN3O3/c24-19-8-3-1-6-17(19)23(30)26-12-5-11-25(14-15-26)22(29)16-27-13-10-21(28)18-7-2-4-9-20(18)27/h1-4,6-10,13H,5,11-12,14-16H2. The SMILES string of the molecule is O=C(Cn1ccc(=O)c2ccccc21)N1CCCN(C(=O)c2ccccc2Cl)CC1. The molecule has 2 amide bonds. The van der Waals surface area contributed by atoms with Gasteiger partial charge in [-0.15, -0.1) is 0 Å². The quantitative estimate of drug-likeness (QED) is 0.650. The van der Waals surface area contributed by atoms with Crippen molar-refractivity contribution in [3.8, 4) is 0 Å². The number of hydrogen-bond acceptors (Lipinski definition) is 3. The highest BCUT2D eigenvalue weighted by atomic mass is 35.5. The Hall–Kier alpha value is -3.12. The van der Waals surface area contributed by atoms with E-state index in [2.05, 4.69) is 0 Å². The van der Waals surface area contributed by atoms with Crippen molar-refractivity contribution in [3.05, 3.63) is 81.6 Å². The Balaban J connectivity index is 1.46. The van der Waals surface area contributed by atoms with Crippen LogP contribution in [0.1, 0.15) is 16.8 Å². The van der Waals surface area contributed by atoms with Crippen LogP contribution in [-0.2, 0) is 11.3 Å². The molecule has 1 aliphatic rings. The first-order valence-electron chi connectivity index (χ1n) is 9.94. The first-order valence-corrected chi connectivity index (χ1v) is 10.3. The number of pyridine rings is 1. The molecule has 6 nitrogen and oxygen atoms in total. The Labute approximate surface area is 179 Å². The van der Waals surface area contributed by atoms with Crippen molar-refractivity contribution in [2.24, 2.45) is 0 Å². The molecule has 4 rings (SSSR count). The predicted octanol–water partition coefficient (Wildman–Crippen LogP) is 3.03. The van der Waals surface area contributed by atoms with Gasteiger partial charge in [0.25, 0.3) is 5.91 Å². The highest BCUT2D eigenvalue weighted by molar-refractivity contribution is 6.33. The van der Waals surface area contributed by atoms with Gasteiger partial charge in [0.2, 0.25) is 5.91 Å². The maximum absolute atomic E-state index is 13.0. The van der Waals surface area contributed by atoms with Gasteiger partial charge in [-0.1, -0.05) is 35.9 Å². The minimum atomic E-state index is -0.110. The van der Waals surface area contributed by atoms with E-state index in [4.69, 9.17) is 11.6 Å². The minimum absolute atomic E-state index is 0.0316. The molecule has 0 saturated carbocycles. The molecule has 2 aromatic carbocycles. The Morgan fingerprint density at radius 3 is 2.40 bits per heavy atom. The third-order valence-electron chi connectivity index (χ3n) is 5.43. The number of nitrogens with zero attached hydrogens (tertiary/aromatic N) is 3. The van der Waals surface area contributed by atoms with Crippen LogP contribution in [0.4, 0.5) is 0 Å². The molecule has 0 unspecified atom stereocenters. The maximum Gasteiger partial charge on any atom is 0.255 e. The monoisotopic (exact) mass is 423 g/mol. The van der Waals surface area contributed by atoms with Gasteiger partial charge >= 0.3 is 0 Å². The van der Waals surface area contributed by atoms with E-state index in [1.54, 1.807) is 50.9 Å². The summed E-state index contributed by atoms with van der Waals surface area (Å²) in [6.45, 7) is 2.24. The van der Waals surface area contributed by atoms with Crippen LogP contribution in [0.15, 0.2) is 65.6 Å². The van der Waals surface area contributed by atoms with Crippen molar-refractivity contribution in [2.45, 2.75) is 13.0 Å². The summed E-state index contributed by atoms with van der Waals surface area (Å²) in [6.07, 6.45) is 2.36. The lowest BCUT2D eigenvalue weighted by Crippen LogP contribution is -2.38. The van der Waals surface area contributed by atoms with Gasteiger partial charge in [-0.25, -0.2) is 0 Å². The Bertz CT molecular complexity index is 1160. The molecule has 7 heteroatoms. The van der Waals surface area contributed by atoms with Gasteiger partial charge in [-0.05, 0) is 30.7 Å². The van der Waals surface area contributed by atoms with Gasteiger partial charge < -0.3 is 14.4 Å². The highest BCUT2D eigenvalue weighted by Gasteiger charge is 2.24. The summed E-state index contributed by atoms with van der Waals surface area (Å²) < 4.78 is 1.80. The minimum Gasteiger partial charge on any atom is -0.339 e. The third kappa shape index (κ3) is 4.09. The number of carbonyl (C=O) groups is 2. The molecule has 1 fully saturated rings. The van der Waals surface area contributed by atoms with E-state index in [0.29, 0.717) is 48.6 Å². The number of amides is 2. The summed E-state index contributed by atoms with van der Waals surface area (Å²) in [6, 6.07) is 15.8. The lowest BCUT2D eigenvalue weighted by Gasteiger charge is -2.23. The molecule has 0 radical (unpaired) electrons. The fourth-order valence-corrected chi connectivity index (χ4v) is 4.04. The molecule has 0 spiro atoms. The Morgan fingerprint density at radius 2 is 1.57 bits per heavy atom. The summed E-state index contributed by atoms with van der Waals surface area (Å²) in [7, 11) is 0. The Morgan fingerprint density at radius 1 is 0.867 bits per heavy atom. The van der Waals surface area contributed by atoms with Crippen molar-refractivity contribution >= 4 is 34.3 Å². The number of benzene rings is 2. The van der Waals surface area contributed by atoms with Crippen LogP contribution >= 0.6 is 11.6 Å². The second-order valence-corrected chi connectivity index (χ2v) is 7.74. The third-order valence-corrected chi connectivity index (χ3v) is 5.76. The van der Waals surface area contributed by atoms with Crippen LogP contribution in [0.3, 0.4) is 0 Å². The summed E-state index contributed by atoms with van der Waals surface area (Å²) in [5.41, 5.74) is 1.17. The van der Waals surface area contributed by atoms with Gasteiger partial charge in [0.1, 0.15) is 6.54 Å². The fraction of sp³-hybridized carbons (Fsp3) is 0.261. The van der Waals surface area contributed by atoms with Crippen molar-refractivity contribution in [1.29, 1.82) is 0 Å². The van der Waals surface area contributed by atoms with Crippen LogP contribution in [0.5, 0.6) is 0 Å². The van der Waals surface area contributed by atoms with Crippen molar-refractivity contribution in [1.82, 2.24) is 14.4 Å². The van der Waals surface area contributed by atoms with Crippen LogP contribution in [0, 0.1) is 0 Å². The summed E-state index contributed by atoms with van der Waals surface area (Å²) in [4.78, 5) is 41.4. The summed E-state index contributed by atoms with van der Waals surface area (Å²) >= 11 is 6.17. The number of para-hydroxylation sites is 1. The topological polar surface area (TPSA) is 62.6 Å². The molecule has 0 aliphatic carbocycles. The average Bonchev–Trinajstić information content (AvgIpc) is 3.02. The molecular weight excluding hydrogens is 402 g/mol. The zero-order chi connectivity index (χ0) is 21.1. The summed E-state index contributed by atoms with van der Waals surface area (Å²) in [5.74, 6) is -0.142. The molecule has 154 valence electrons. The van der Waals surface area contributed by atoms with Gasteiger partial charge in [0.05, 0.1) is 16.1 Å². The van der Waals surface area contributed by atoms with Crippen LogP contribution in [0.25, 0.3) is 10.9 Å². The molecule has 1 aliphatic heterocycles. The van der Waals surface area contributed by atoms with E-state index in [1.807, 2.05) is 18.2 Å². The molecular formula is C23H22ClN3O3. The average molecular weight is 424 g/mol. The van der Waals surface area contributed by atoms with Crippen molar-refractivity contribution in [2.75, 3.05) is 26.2 Å². The number of rotatable bonds is 3. The van der Waals surface area contributed by atoms with Crippen LogP contribution < -0.4 is 5.43 Å². The van der Waals surface area contributed by atoms with Gasteiger partial charge in [-0.3, -0.25) is 14.4 Å². The van der Waals surface area contributed by atoms with E-state index in [9.17, 15) is 14.4 Å². The largest absolute Gasteiger partial charge is 0.339 e. The number of aromatic nitrogens is 1. The molecule has 0 N–H and O–H groups in total. The number of carbonyl (C=O) groups excluding carboxylic acids is 2. The first kappa shape index (κ1) is 20.2.